The monoisotopic (exact) mass is 296 g/mol. The highest BCUT2D eigenvalue weighted by Gasteiger charge is 2.47. The fourth-order valence-electron chi connectivity index (χ4n) is 3.52. The minimum absolute atomic E-state index is 0.0193. The summed E-state index contributed by atoms with van der Waals surface area (Å²) in [6.07, 6.45) is 6.28. The number of carbonyl (C=O) groups is 2. The van der Waals surface area contributed by atoms with Gasteiger partial charge in [0.1, 0.15) is 6.10 Å². The molecule has 0 aromatic carbocycles. The van der Waals surface area contributed by atoms with Gasteiger partial charge < -0.3 is 4.74 Å². The largest absolute Gasteiger partial charge is 0.462 e. The Balaban J connectivity index is 1.99. The van der Waals surface area contributed by atoms with Crippen molar-refractivity contribution in [3.63, 3.8) is 0 Å². The van der Waals surface area contributed by atoms with Crippen LogP contribution in [0.2, 0.25) is 0 Å². The van der Waals surface area contributed by atoms with Crippen LogP contribution in [0.1, 0.15) is 52.9 Å². The Bertz CT molecular complexity index is 441. The Morgan fingerprint density at radius 2 is 2.24 bits per heavy atom. The van der Waals surface area contributed by atoms with Crippen molar-refractivity contribution in [2.24, 2.45) is 17.8 Å². The molecule has 0 unspecified atom stereocenters. The minimum atomic E-state index is -1.78. The lowest BCUT2D eigenvalue weighted by Gasteiger charge is -2.18. The number of ether oxygens (including phenoxy) is 1. The van der Waals surface area contributed by atoms with Crippen molar-refractivity contribution >= 4 is 11.8 Å². The van der Waals surface area contributed by atoms with Crippen molar-refractivity contribution in [2.45, 2.75) is 64.6 Å². The number of hydrogen-bond donors (Lipinski definition) is 0. The van der Waals surface area contributed by atoms with E-state index in [1.54, 1.807) is 0 Å². The van der Waals surface area contributed by atoms with Crippen LogP contribution in [0.3, 0.4) is 0 Å². The van der Waals surface area contributed by atoms with Crippen LogP contribution in [0, 0.1) is 17.8 Å². The number of esters is 1. The molecule has 2 rings (SSSR count). The number of fused-ring (bicyclic) bond motifs is 1. The van der Waals surface area contributed by atoms with Gasteiger partial charge in [0.15, 0.2) is 11.5 Å². The Hall–Kier alpha value is -1.19. The molecule has 0 radical (unpaired) electrons. The second-order valence-corrected chi connectivity index (χ2v) is 6.71. The summed E-state index contributed by atoms with van der Waals surface area (Å²) in [5.41, 5.74) is -1.78. The highest BCUT2D eigenvalue weighted by molar-refractivity contribution is 5.96. The summed E-state index contributed by atoms with van der Waals surface area (Å²) in [5, 5.41) is 0. The van der Waals surface area contributed by atoms with Gasteiger partial charge in [0.2, 0.25) is 0 Å². The van der Waals surface area contributed by atoms with Gasteiger partial charge in [-0.1, -0.05) is 32.8 Å². The first-order chi connectivity index (χ1) is 9.85. The number of halogens is 1. The Morgan fingerprint density at radius 1 is 1.52 bits per heavy atom. The van der Waals surface area contributed by atoms with E-state index in [1.165, 1.54) is 13.0 Å². The van der Waals surface area contributed by atoms with Crippen LogP contribution in [-0.4, -0.2) is 23.5 Å². The maximum atomic E-state index is 14.3. The first-order valence-electron chi connectivity index (χ1n) is 7.96. The van der Waals surface area contributed by atoms with Crippen molar-refractivity contribution in [3.8, 4) is 0 Å². The lowest BCUT2D eigenvalue weighted by Crippen LogP contribution is -2.28. The van der Waals surface area contributed by atoms with E-state index in [2.05, 4.69) is 6.92 Å². The number of ketones is 1. The molecule has 0 aromatic heterocycles. The maximum Gasteiger partial charge on any atom is 0.306 e. The molecule has 1 heterocycles. The molecule has 4 heteroatoms. The second kappa shape index (κ2) is 6.29. The van der Waals surface area contributed by atoms with Crippen LogP contribution in [0.25, 0.3) is 0 Å². The van der Waals surface area contributed by atoms with Crippen molar-refractivity contribution in [1.29, 1.82) is 0 Å². The predicted molar refractivity (Wildman–Crippen MR) is 78.4 cm³/mol. The summed E-state index contributed by atoms with van der Waals surface area (Å²) in [4.78, 5) is 23.4. The molecule has 0 spiro atoms. The molecule has 1 aliphatic heterocycles. The van der Waals surface area contributed by atoms with Crippen LogP contribution in [-0.2, 0) is 14.3 Å². The standard InChI is InChI=1S/C17H25FO3/c1-4-5-8-17(3,18)15(19)7-6-12-11(2)9-14-13(12)10-16(20)21-14/h6-7,11-14H,4-5,8-10H2,1-3H3/t11-,12+,13-,14+,17-/m1/s1. The second-order valence-electron chi connectivity index (χ2n) is 6.71. The molecule has 1 aliphatic carbocycles. The van der Waals surface area contributed by atoms with Gasteiger partial charge in [-0.15, -0.1) is 0 Å². The number of carbonyl (C=O) groups excluding carboxylic acids is 2. The normalized spacial score (nSPS) is 34.8. The van der Waals surface area contributed by atoms with E-state index < -0.39 is 11.5 Å². The molecule has 3 nitrogen and oxygen atoms in total. The molecule has 0 amide bonds. The maximum absolute atomic E-state index is 14.3. The SMILES string of the molecule is CCCC[C@@](C)(F)C(=O)C=C[C@@H]1[C@H]2CC(=O)O[C@H]2C[C@H]1C. The van der Waals surface area contributed by atoms with Gasteiger partial charge in [-0.05, 0) is 37.7 Å². The zero-order valence-corrected chi connectivity index (χ0v) is 13.1. The van der Waals surface area contributed by atoms with Gasteiger partial charge >= 0.3 is 5.97 Å². The Kier molecular flexibility index (Phi) is 4.84. The summed E-state index contributed by atoms with van der Waals surface area (Å²) in [6.45, 7) is 5.43. The molecule has 0 N–H and O–H groups in total. The van der Waals surface area contributed by atoms with E-state index in [1.807, 2.05) is 13.0 Å². The van der Waals surface area contributed by atoms with E-state index in [0.29, 0.717) is 18.8 Å². The van der Waals surface area contributed by atoms with Gasteiger partial charge in [0.25, 0.3) is 0 Å². The average molecular weight is 296 g/mol. The lowest BCUT2D eigenvalue weighted by atomic mass is 9.87. The Morgan fingerprint density at radius 3 is 2.90 bits per heavy atom. The predicted octanol–water partition coefficient (Wildman–Crippen LogP) is 3.62. The third-order valence-corrected chi connectivity index (χ3v) is 4.90. The number of alkyl halides is 1. The Labute approximate surface area is 125 Å². The molecule has 0 bridgehead atoms. The first-order valence-corrected chi connectivity index (χ1v) is 7.96. The summed E-state index contributed by atoms with van der Waals surface area (Å²) in [5.74, 6) is 0.0286. The van der Waals surface area contributed by atoms with E-state index in [-0.39, 0.29) is 30.3 Å². The third kappa shape index (κ3) is 3.53. The number of unbranched alkanes of at least 4 members (excludes halogenated alkanes) is 1. The van der Waals surface area contributed by atoms with Gasteiger partial charge in [-0.2, -0.15) is 0 Å². The fourth-order valence-corrected chi connectivity index (χ4v) is 3.52. The molecule has 2 aliphatic rings. The van der Waals surface area contributed by atoms with Crippen molar-refractivity contribution < 1.29 is 18.7 Å². The lowest BCUT2D eigenvalue weighted by molar-refractivity contribution is -0.141. The summed E-state index contributed by atoms with van der Waals surface area (Å²) in [7, 11) is 0. The van der Waals surface area contributed by atoms with Crippen LogP contribution in [0.4, 0.5) is 4.39 Å². The van der Waals surface area contributed by atoms with Gasteiger partial charge in [-0.25, -0.2) is 4.39 Å². The van der Waals surface area contributed by atoms with Crippen molar-refractivity contribution in [1.82, 2.24) is 0 Å². The smallest absolute Gasteiger partial charge is 0.306 e. The molecule has 0 aromatic rings. The van der Waals surface area contributed by atoms with Gasteiger partial charge in [0, 0.05) is 5.92 Å². The quantitative estimate of drug-likeness (QED) is 0.555. The average Bonchev–Trinajstić information content (AvgIpc) is 2.89. The van der Waals surface area contributed by atoms with Gasteiger partial charge in [0.05, 0.1) is 6.42 Å². The zero-order chi connectivity index (χ0) is 15.6. The zero-order valence-electron chi connectivity index (χ0n) is 13.1. The third-order valence-electron chi connectivity index (χ3n) is 4.90. The van der Waals surface area contributed by atoms with Crippen LogP contribution in [0.5, 0.6) is 0 Å². The summed E-state index contributed by atoms with van der Waals surface area (Å²) in [6, 6.07) is 0. The number of hydrogen-bond acceptors (Lipinski definition) is 3. The molecule has 21 heavy (non-hydrogen) atoms. The molecule has 1 saturated carbocycles. The van der Waals surface area contributed by atoms with Crippen LogP contribution < -0.4 is 0 Å². The summed E-state index contributed by atoms with van der Waals surface area (Å²) >= 11 is 0. The molecule has 118 valence electrons. The topological polar surface area (TPSA) is 43.4 Å². The highest BCUT2D eigenvalue weighted by atomic mass is 19.1. The van der Waals surface area contributed by atoms with E-state index in [4.69, 9.17) is 4.74 Å². The molecule has 5 atom stereocenters. The van der Waals surface area contributed by atoms with Crippen molar-refractivity contribution in [3.05, 3.63) is 12.2 Å². The number of rotatable bonds is 6. The molecular weight excluding hydrogens is 271 g/mol. The van der Waals surface area contributed by atoms with Crippen LogP contribution >= 0.6 is 0 Å². The van der Waals surface area contributed by atoms with E-state index in [9.17, 15) is 14.0 Å². The summed E-state index contributed by atoms with van der Waals surface area (Å²) < 4.78 is 19.6. The number of allylic oxidation sites excluding steroid dienone is 2. The minimum Gasteiger partial charge on any atom is -0.462 e. The first kappa shape index (κ1) is 16.2. The van der Waals surface area contributed by atoms with Crippen LogP contribution in [0.15, 0.2) is 12.2 Å². The van der Waals surface area contributed by atoms with E-state index in [0.717, 1.165) is 12.8 Å². The molecule has 1 saturated heterocycles. The molecule has 2 fully saturated rings. The van der Waals surface area contributed by atoms with Crippen molar-refractivity contribution in [2.75, 3.05) is 0 Å². The van der Waals surface area contributed by atoms with Gasteiger partial charge in [-0.3, -0.25) is 9.59 Å². The highest BCUT2D eigenvalue weighted by Crippen LogP contribution is 2.45. The fraction of sp³-hybridized carbons (Fsp3) is 0.765. The van der Waals surface area contributed by atoms with E-state index >= 15 is 0 Å². The molecular formula is C17H25FO3.